The predicted octanol–water partition coefficient (Wildman–Crippen LogP) is 1.66. The number of hydrogen-bond acceptors (Lipinski definition) is 3. The van der Waals surface area contributed by atoms with Crippen molar-refractivity contribution in [1.82, 2.24) is 15.1 Å². The van der Waals surface area contributed by atoms with Crippen molar-refractivity contribution >= 4 is 24.2 Å². The van der Waals surface area contributed by atoms with Crippen LogP contribution in [0.15, 0.2) is 0 Å². The smallest absolute Gasteiger partial charge is 0.228 e. The van der Waals surface area contributed by atoms with Crippen molar-refractivity contribution in [3.63, 3.8) is 0 Å². The summed E-state index contributed by atoms with van der Waals surface area (Å²) >= 11 is 0. The Kier molecular flexibility index (Phi) is 7.63. The Labute approximate surface area is 140 Å². The number of nitrogens with one attached hydrogen (secondary N) is 1. The number of carbonyl (C=O) groups is 2. The second-order valence-corrected chi connectivity index (χ2v) is 6.33. The summed E-state index contributed by atoms with van der Waals surface area (Å²) in [7, 11) is 1.95. The van der Waals surface area contributed by atoms with E-state index in [1.807, 2.05) is 16.8 Å². The molecule has 2 heterocycles. The largest absolute Gasteiger partial charge is 0.341 e. The standard InChI is InChI=1S/C16H29N3O2.ClH/c1-4-14(5-2)19-10-12(9-15(19)20)16(21)18-8-6-7-13(11-18)17-3;/h12-14,17H,4-11H2,1-3H3;1H. The number of piperidine rings is 1. The fourth-order valence-electron chi connectivity index (χ4n) is 3.65. The minimum Gasteiger partial charge on any atom is -0.341 e. The van der Waals surface area contributed by atoms with E-state index in [1.165, 1.54) is 0 Å². The number of rotatable bonds is 5. The Morgan fingerprint density at radius 2 is 2.00 bits per heavy atom. The number of halogens is 1. The molecule has 0 radical (unpaired) electrons. The van der Waals surface area contributed by atoms with Gasteiger partial charge in [-0.3, -0.25) is 9.59 Å². The maximum absolute atomic E-state index is 12.7. The van der Waals surface area contributed by atoms with Crippen LogP contribution >= 0.6 is 12.4 Å². The Hall–Kier alpha value is -0.810. The molecule has 2 aliphatic heterocycles. The first kappa shape index (κ1) is 19.2. The summed E-state index contributed by atoms with van der Waals surface area (Å²) in [5.74, 6) is 0.203. The number of amides is 2. The highest BCUT2D eigenvalue weighted by Crippen LogP contribution is 2.25. The van der Waals surface area contributed by atoms with E-state index in [2.05, 4.69) is 19.2 Å². The lowest BCUT2D eigenvalue weighted by atomic mass is 10.0. The van der Waals surface area contributed by atoms with E-state index in [0.717, 1.165) is 38.8 Å². The summed E-state index contributed by atoms with van der Waals surface area (Å²) in [6.07, 6.45) is 4.51. The number of likely N-dealkylation sites (tertiary alicyclic amines) is 2. The van der Waals surface area contributed by atoms with Crippen LogP contribution in [0.5, 0.6) is 0 Å². The second kappa shape index (κ2) is 8.73. The van der Waals surface area contributed by atoms with Crippen molar-refractivity contribution in [3.05, 3.63) is 0 Å². The topological polar surface area (TPSA) is 52.7 Å². The van der Waals surface area contributed by atoms with Gasteiger partial charge in [0.25, 0.3) is 0 Å². The summed E-state index contributed by atoms with van der Waals surface area (Å²) in [4.78, 5) is 28.8. The summed E-state index contributed by atoms with van der Waals surface area (Å²) < 4.78 is 0. The van der Waals surface area contributed by atoms with Crippen LogP contribution in [0.4, 0.5) is 0 Å². The quantitative estimate of drug-likeness (QED) is 0.833. The fourth-order valence-corrected chi connectivity index (χ4v) is 3.65. The molecule has 5 nitrogen and oxygen atoms in total. The maximum atomic E-state index is 12.7. The molecule has 0 aromatic heterocycles. The monoisotopic (exact) mass is 331 g/mol. The first-order chi connectivity index (χ1) is 10.1. The number of likely N-dealkylation sites (N-methyl/N-ethyl adjacent to an activating group) is 1. The van der Waals surface area contributed by atoms with Crippen LogP contribution in [-0.2, 0) is 9.59 Å². The Morgan fingerprint density at radius 3 is 2.59 bits per heavy atom. The summed E-state index contributed by atoms with van der Waals surface area (Å²) in [5.41, 5.74) is 0. The van der Waals surface area contributed by atoms with Crippen molar-refractivity contribution in [2.75, 3.05) is 26.7 Å². The van der Waals surface area contributed by atoms with Gasteiger partial charge >= 0.3 is 0 Å². The average Bonchev–Trinajstić information content (AvgIpc) is 2.90. The molecule has 2 atom stereocenters. The third-order valence-corrected chi connectivity index (χ3v) is 5.03. The highest BCUT2D eigenvalue weighted by atomic mass is 35.5. The Morgan fingerprint density at radius 1 is 1.32 bits per heavy atom. The first-order valence-electron chi connectivity index (χ1n) is 8.36. The first-order valence-corrected chi connectivity index (χ1v) is 8.36. The molecule has 0 aromatic rings. The molecule has 2 aliphatic rings. The van der Waals surface area contributed by atoms with Gasteiger partial charge in [-0.2, -0.15) is 0 Å². The van der Waals surface area contributed by atoms with Crippen molar-refractivity contribution in [2.45, 2.75) is 58.0 Å². The third kappa shape index (κ3) is 4.13. The lowest BCUT2D eigenvalue weighted by Crippen LogP contribution is -2.49. The van der Waals surface area contributed by atoms with Crippen LogP contribution in [-0.4, -0.2) is 60.4 Å². The van der Waals surface area contributed by atoms with Crippen molar-refractivity contribution < 1.29 is 9.59 Å². The van der Waals surface area contributed by atoms with Gasteiger partial charge in [0.1, 0.15) is 0 Å². The molecule has 2 saturated heterocycles. The summed E-state index contributed by atoms with van der Waals surface area (Å²) in [6, 6.07) is 0.691. The normalized spacial score (nSPS) is 25.5. The molecule has 22 heavy (non-hydrogen) atoms. The van der Waals surface area contributed by atoms with Gasteiger partial charge in [-0.05, 0) is 32.7 Å². The van der Waals surface area contributed by atoms with Gasteiger partial charge in [0, 0.05) is 38.1 Å². The summed E-state index contributed by atoms with van der Waals surface area (Å²) in [5, 5.41) is 3.26. The minimum atomic E-state index is -0.131. The maximum Gasteiger partial charge on any atom is 0.228 e. The van der Waals surface area contributed by atoms with Gasteiger partial charge in [-0.1, -0.05) is 13.8 Å². The van der Waals surface area contributed by atoms with E-state index < -0.39 is 0 Å². The van der Waals surface area contributed by atoms with Crippen LogP contribution < -0.4 is 5.32 Å². The molecule has 128 valence electrons. The van der Waals surface area contributed by atoms with E-state index in [4.69, 9.17) is 0 Å². The van der Waals surface area contributed by atoms with Crippen molar-refractivity contribution in [1.29, 1.82) is 0 Å². The van der Waals surface area contributed by atoms with Crippen LogP contribution in [0.3, 0.4) is 0 Å². The molecule has 1 N–H and O–H groups in total. The number of hydrogen-bond donors (Lipinski definition) is 1. The second-order valence-electron chi connectivity index (χ2n) is 6.33. The molecule has 0 aliphatic carbocycles. The zero-order valence-electron chi connectivity index (χ0n) is 14.0. The molecule has 0 saturated carbocycles. The van der Waals surface area contributed by atoms with Gasteiger partial charge in [-0.25, -0.2) is 0 Å². The molecule has 2 amide bonds. The van der Waals surface area contributed by atoms with Gasteiger partial charge in [-0.15, -0.1) is 12.4 Å². The van der Waals surface area contributed by atoms with Gasteiger partial charge in [0.2, 0.25) is 11.8 Å². The SMILES string of the molecule is CCC(CC)N1CC(C(=O)N2CCCC(NC)C2)CC1=O.Cl. The highest BCUT2D eigenvalue weighted by Gasteiger charge is 2.39. The average molecular weight is 332 g/mol. The fraction of sp³-hybridized carbons (Fsp3) is 0.875. The van der Waals surface area contributed by atoms with Crippen LogP contribution in [0.2, 0.25) is 0 Å². The summed E-state index contributed by atoms with van der Waals surface area (Å²) in [6.45, 7) is 6.46. The molecule has 0 spiro atoms. The predicted molar refractivity (Wildman–Crippen MR) is 90.1 cm³/mol. The molecule has 2 unspecified atom stereocenters. The number of carbonyl (C=O) groups excluding carboxylic acids is 2. The van der Waals surface area contributed by atoms with E-state index in [0.29, 0.717) is 25.0 Å². The highest BCUT2D eigenvalue weighted by molar-refractivity contribution is 5.89. The van der Waals surface area contributed by atoms with Crippen molar-refractivity contribution in [2.24, 2.45) is 5.92 Å². The molecule has 0 bridgehead atoms. The van der Waals surface area contributed by atoms with E-state index in [9.17, 15) is 9.59 Å². The molecular formula is C16H30ClN3O2. The molecule has 0 aromatic carbocycles. The van der Waals surface area contributed by atoms with Crippen molar-refractivity contribution in [3.8, 4) is 0 Å². The van der Waals surface area contributed by atoms with E-state index >= 15 is 0 Å². The Balaban J connectivity index is 0.00000242. The lowest BCUT2D eigenvalue weighted by molar-refractivity contribution is -0.137. The lowest BCUT2D eigenvalue weighted by Gasteiger charge is -2.34. The van der Waals surface area contributed by atoms with E-state index in [1.54, 1.807) is 0 Å². The zero-order valence-corrected chi connectivity index (χ0v) is 14.8. The van der Waals surface area contributed by atoms with Crippen LogP contribution in [0, 0.1) is 5.92 Å². The third-order valence-electron chi connectivity index (χ3n) is 5.03. The molecule has 2 rings (SSSR count). The molecular weight excluding hydrogens is 302 g/mol. The van der Waals surface area contributed by atoms with Crippen LogP contribution in [0.25, 0.3) is 0 Å². The molecule has 2 fully saturated rings. The van der Waals surface area contributed by atoms with Gasteiger partial charge in [0.05, 0.1) is 5.92 Å². The minimum absolute atomic E-state index is 0. The number of nitrogens with zero attached hydrogens (tertiary/aromatic N) is 2. The zero-order chi connectivity index (χ0) is 15.4. The Bertz CT molecular complexity index is 388. The van der Waals surface area contributed by atoms with E-state index in [-0.39, 0.29) is 30.1 Å². The van der Waals surface area contributed by atoms with Gasteiger partial charge in [0.15, 0.2) is 0 Å². The van der Waals surface area contributed by atoms with Gasteiger partial charge < -0.3 is 15.1 Å². The van der Waals surface area contributed by atoms with Crippen LogP contribution in [0.1, 0.15) is 46.0 Å². The molecule has 6 heteroatoms.